The maximum atomic E-state index is 5.38. The lowest BCUT2D eigenvalue weighted by Gasteiger charge is -2.17. The van der Waals surface area contributed by atoms with Gasteiger partial charge >= 0.3 is 0 Å². The molecule has 2 aromatic carbocycles. The van der Waals surface area contributed by atoms with E-state index in [0.29, 0.717) is 18.3 Å². The highest BCUT2D eigenvalue weighted by Gasteiger charge is 2.22. The smallest absolute Gasteiger partial charge is 0.251 e. The van der Waals surface area contributed by atoms with Crippen molar-refractivity contribution >= 4 is 17.5 Å². The van der Waals surface area contributed by atoms with Gasteiger partial charge in [-0.1, -0.05) is 36.4 Å². The molecular formula is C19H19N5O. The van der Waals surface area contributed by atoms with E-state index in [1.54, 1.807) is 13.3 Å². The van der Waals surface area contributed by atoms with Crippen molar-refractivity contribution in [2.75, 3.05) is 23.9 Å². The third-order valence-electron chi connectivity index (χ3n) is 4.33. The fraction of sp³-hybridized carbons (Fsp3) is 0.211. The maximum Gasteiger partial charge on any atom is 0.251 e. The van der Waals surface area contributed by atoms with E-state index >= 15 is 0 Å². The highest BCUT2D eigenvalue weighted by atomic mass is 16.5. The van der Waals surface area contributed by atoms with Gasteiger partial charge in [-0.2, -0.15) is 10.1 Å². The molecule has 4 rings (SSSR count). The van der Waals surface area contributed by atoms with E-state index in [1.165, 1.54) is 5.56 Å². The van der Waals surface area contributed by atoms with Gasteiger partial charge in [-0.3, -0.25) is 0 Å². The molecule has 0 saturated heterocycles. The fourth-order valence-electron chi connectivity index (χ4n) is 3.07. The average molecular weight is 333 g/mol. The molecule has 0 unspecified atom stereocenters. The summed E-state index contributed by atoms with van der Waals surface area (Å²) in [5.41, 5.74) is 3.54. The number of anilines is 3. The lowest BCUT2D eigenvalue weighted by molar-refractivity contribution is 0.410. The van der Waals surface area contributed by atoms with Crippen molar-refractivity contribution in [3.05, 3.63) is 65.9 Å². The zero-order chi connectivity index (χ0) is 17.1. The van der Waals surface area contributed by atoms with E-state index in [0.717, 1.165) is 30.0 Å². The molecule has 0 amide bonds. The van der Waals surface area contributed by atoms with Gasteiger partial charge in [0.2, 0.25) is 0 Å². The van der Waals surface area contributed by atoms with E-state index < -0.39 is 0 Å². The van der Waals surface area contributed by atoms with Gasteiger partial charge in [0.1, 0.15) is 5.75 Å². The Bertz CT molecular complexity index is 883. The van der Waals surface area contributed by atoms with Gasteiger partial charge in [-0.25, -0.2) is 0 Å². The van der Waals surface area contributed by atoms with Crippen molar-refractivity contribution in [3.8, 4) is 5.75 Å². The second-order valence-electron chi connectivity index (χ2n) is 5.84. The third kappa shape index (κ3) is 3.10. The Morgan fingerprint density at radius 3 is 2.88 bits per heavy atom. The zero-order valence-electron chi connectivity index (χ0n) is 14.0. The normalized spacial score (nSPS) is 12.8. The Kier molecular flexibility index (Phi) is 4.16. The number of hydrogen-bond donors (Lipinski definition) is 1. The molecule has 0 saturated carbocycles. The number of hydrogen-bond acceptors (Lipinski definition) is 6. The van der Waals surface area contributed by atoms with Gasteiger partial charge in [0.25, 0.3) is 5.95 Å². The first kappa shape index (κ1) is 15.4. The lowest BCUT2D eigenvalue weighted by atomic mass is 10.2. The summed E-state index contributed by atoms with van der Waals surface area (Å²) >= 11 is 0. The largest absolute Gasteiger partial charge is 0.496 e. The van der Waals surface area contributed by atoms with Crippen LogP contribution in [0.3, 0.4) is 0 Å². The van der Waals surface area contributed by atoms with Gasteiger partial charge < -0.3 is 15.0 Å². The van der Waals surface area contributed by atoms with Gasteiger partial charge in [-0.15, -0.1) is 5.10 Å². The molecule has 0 radical (unpaired) electrons. The molecule has 1 aliphatic heterocycles. The Labute approximate surface area is 146 Å². The van der Waals surface area contributed by atoms with Crippen LogP contribution in [0.15, 0.2) is 54.7 Å². The van der Waals surface area contributed by atoms with Crippen LogP contribution in [0.2, 0.25) is 0 Å². The first-order valence-corrected chi connectivity index (χ1v) is 8.26. The standard InChI is InChI=1S/C19H19N5O/c1-25-17-9-5-3-7-15(17)12-20-18-13-21-23-19(22-18)24-11-10-14-6-2-4-8-16(14)24/h2-9,13H,10-12H2,1H3,(H,20,22,23). The summed E-state index contributed by atoms with van der Waals surface area (Å²) in [7, 11) is 1.67. The first-order valence-electron chi connectivity index (χ1n) is 8.26. The van der Waals surface area contributed by atoms with Crippen LogP contribution in [0, 0.1) is 0 Å². The van der Waals surface area contributed by atoms with Crippen molar-refractivity contribution in [2.45, 2.75) is 13.0 Å². The molecule has 0 aliphatic carbocycles. The van der Waals surface area contributed by atoms with Crippen molar-refractivity contribution in [1.29, 1.82) is 0 Å². The van der Waals surface area contributed by atoms with Crippen molar-refractivity contribution in [3.63, 3.8) is 0 Å². The first-order chi connectivity index (χ1) is 12.3. The molecule has 6 heteroatoms. The van der Waals surface area contributed by atoms with Crippen LogP contribution in [0.5, 0.6) is 5.75 Å². The summed E-state index contributed by atoms with van der Waals surface area (Å²) < 4.78 is 5.38. The molecule has 0 spiro atoms. The molecule has 0 bridgehead atoms. The van der Waals surface area contributed by atoms with Crippen molar-refractivity contribution in [2.24, 2.45) is 0 Å². The molecule has 0 fully saturated rings. The summed E-state index contributed by atoms with van der Waals surface area (Å²) in [6.45, 7) is 1.48. The maximum absolute atomic E-state index is 5.38. The number of rotatable bonds is 5. The van der Waals surface area contributed by atoms with E-state index in [4.69, 9.17) is 4.74 Å². The Hall–Kier alpha value is -3.15. The number of nitrogens with one attached hydrogen (secondary N) is 1. The summed E-state index contributed by atoms with van der Waals surface area (Å²) in [5, 5.41) is 11.6. The number of aromatic nitrogens is 3. The molecule has 2 heterocycles. The zero-order valence-corrected chi connectivity index (χ0v) is 14.0. The summed E-state index contributed by atoms with van der Waals surface area (Å²) in [4.78, 5) is 6.73. The highest BCUT2D eigenvalue weighted by molar-refractivity contribution is 5.65. The van der Waals surface area contributed by atoms with Crippen LogP contribution in [-0.2, 0) is 13.0 Å². The van der Waals surface area contributed by atoms with E-state index in [1.807, 2.05) is 30.3 Å². The summed E-state index contributed by atoms with van der Waals surface area (Å²) in [6.07, 6.45) is 2.64. The van der Waals surface area contributed by atoms with Gasteiger partial charge in [0.05, 0.1) is 13.3 Å². The number of benzene rings is 2. The van der Waals surface area contributed by atoms with Crippen molar-refractivity contribution < 1.29 is 4.74 Å². The average Bonchev–Trinajstić information content (AvgIpc) is 3.11. The van der Waals surface area contributed by atoms with E-state index in [9.17, 15) is 0 Å². The number of ether oxygens (including phenoxy) is 1. The minimum absolute atomic E-state index is 0.610. The van der Waals surface area contributed by atoms with Gasteiger partial charge in [0.15, 0.2) is 5.82 Å². The number of fused-ring (bicyclic) bond motifs is 1. The topological polar surface area (TPSA) is 63.2 Å². The number of nitrogens with zero attached hydrogens (tertiary/aromatic N) is 4. The summed E-state index contributed by atoms with van der Waals surface area (Å²) in [5.74, 6) is 2.17. The molecule has 6 nitrogen and oxygen atoms in total. The van der Waals surface area contributed by atoms with Gasteiger partial charge in [0, 0.05) is 24.3 Å². The molecular weight excluding hydrogens is 314 g/mol. The highest BCUT2D eigenvalue weighted by Crippen LogP contribution is 2.32. The second kappa shape index (κ2) is 6.76. The van der Waals surface area contributed by atoms with Crippen molar-refractivity contribution in [1.82, 2.24) is 15.2 Å². The number of methoxy groups -OCH3 is 1. The predicted molar refractivity (Wildman–Crippen MR) is 97.3 cm³/mol. The van der Waals surface area contributed by atoms with Crippen LogP contribution in [-0.4, -0.2) is 28.8 Å². The van der Waals surface area contributed by atoms with Gasteiger partial charge in [-0.05, 0) is 24.1 Å². The predicted octanol–water partition coefficient (Wildman–Crippen LogP) is 3.19. The fourth-order valence-corrected chi connectivity index (χ4v) is 3.07. The molecule has 1 aliphatic rings. The summed E-state index contributed by atoms with van der Waals surface area (Å²) in [6, 6.07) is 16.3. The molecule has 3 aromatic rings. The minimum atomic E-state index is 0.610. The molecule has 126 valence electrons. The van der Waals surface area contributed by atoms with Crippen LogP contribution in [0.1, 0.15) is 11.1 Å². The van der Waals surface area contributed by atoms with Crippen LogP contribution in [0.25, 0.3) is 0 Å². The molecule has 0 atom stereocenters. The molecule has 1 aromatic heterocycles. The van der Waals surface area contributed by atoms with Crippen LogP contribution in [0.4, 0.5) is 17.5 Å². The van der Waals surface area contributed by atoms with Crippen LogP contribution >= 0.6 is 0 Å². The quantitative estimate of drug-likeness (QED) is 0.774. The Morgan fingerprint density at radius 2 is 1.96 bits per heavy atom. The monoisotopic (exact) mass is 333 g/mol. The minimum Gasteiger partial charge on any atom is -0.496 e. The molecule has 25 heavy (non-hydrogen) atoms. The Morgan fingerprint density at radius 1 is 1.12 bits per heavy atom. The number of para-hydroxylation sites is 2. The SMILES string of the molecule is COc1ccccc1CNc1cnnc(N2CCc3ccccc32)n1. The third-order valence-corrected chi connectivity index (χ3v) is 4.33. The van der Waals surface area contributed by atoms with E-state index in [-0.39, 0.29) is 0 Å². The lowest BCUT2D eigenvalue weighted by Crippen LogP contribution is -2.17. The van der Waals surface area contributed by atoms with E-state index in [2.05, 4.69) is 43.6 Å². The molecule has 1 N–H and O–H groups in total. The van der Waals surface area contributed by atoms with Crippen LogP contribution < -0.4 is 15.0 Å². The Balaban J connectivity index is 1.53. The second-order valence-corrected chi connectivity index (χ2v) is 5.84.